The largest absolute Gasteiger partial charge is 0.394 e. The van der Waals surface area contributed by atoms with E-state index in [2.05, 4.69) is 11.4 Å². The van der Waals surface area contributed by atoms with Crippen LogP contribution >= 0.6 is 0 Å². The van der Waals surface area contributed by atoms with E-state index < -0.39 is 11.0 Å². The van der Waals surface area contributed by atoms with E-state index in [1.54, 1.807) is 6.92 Å². The van der Waals surface area contributed by atoms with E-state index in [0.29, 0.717) is 19.3 Å². The Labute approximate surface area is 114 Å². The third-order valence-electron chi connectivity index (χ3n) is 4.27. The van der Waals surface area contributed by atoms with E-state index in [-0.39, 0.29) is 19.1 Å². The molecule has 0 aromatic rings. The highest BCUT2D eigenvalue weighted by atomic mass is 16.3. The van der Waals surface area contributed by atoms with Gasteiger partial charge < -0.3 is 15.5 Å². The van der Waals surface area contributed by atoms with Crippen LogP contribution in [0.2, 0.25) is 0 Å². The van der Waals surface area contributed by atoms with Gasteiger partial charge in [0.05, 0.1) is 24.8 Å². The second-order valence-corrected chi connectivity index (χ2v) is 5.51. The van der Waals surface area contributed by atoms with Gasteiger partial charge in [-0.3, -0.25) is 4.79 Å². The molecule has 3 N–H and O–H groups in total. The van der Waals surface area contributed by atoms with Crippen LogP contribution in [0.1, 0.15) is 51.9 Å². The molecule has 0 saturated heterocycles. The molecule has 108 valence electrons. The first-order chi connectivity index (χ1) is 9.08. The topological polar surface area (TPSA) is 93.3 Å². The number of carbonyl (C=O) groups excluding carboxylic acids is 1. The van der Waals surface area contributed by atoms with Gasteiger partial charge in [-0.2, -0.15) is 5.26 Å². The van der Waals surface area contributed by atoms with Crippen molar-refractivity contribution in [1.82, 2.24) is 5.32 Å². The fraction of sp³-hybridized carbons (Fsp3) is 0.857. The van der Waals surface area contributed by atoms with Crippen molar-refractivity contribution in [2.45, 2.75) is 57.4 Å². The van der Waals surface area contributed by atoms with Crippen LogP contribution in [0.3, 0.4) is 0 Å². The number of nitrogens with one attached hydrogen (secondary N) is 1. The van der Waals surface area contributed by atoms with Gasteiger partial charge in [0.1, 0.15) is 5.41 Å². The first kappa shape index (κ1) is 15.9. The molecule has 19 heavy (non-hydrogen) atoms. The van der Waals surface area contributed by atoms with E-state index in [1.165, 1.54) is 0 Å². The molecule has 0 spiro atoms. The number of rotatable bonds is 5. The van der Waals surface area contributed by atoms with Gasteiger partial charge in [0.15, 0.2) is 0 Å². The molecule has 0 aliphatic heterocycles. The molecular weight excluding hydrogens is 244 g/mol. The minimum Gasteiger partial charge on any atom is -0.394 e. The molecule has 1 rings (SSSR count). The van der Waals surface area contributed by atoms with Gasteiger partial charge >= 0.3 is 0 Å². The highest BCUT2D eigenvalue weighted by Crippen LogP contribution is 2.35. The van der Waals surface area contributed by atoms with Crippen molar-refractivity contribution < 1.29 is 15.0 Å². The Morgan fingerprint density at radius 3 is 2.16 bits per heavy atom. The van der Waals surface area contributed by atoms with E-state index in [0.717, 1.165) is 25.7 Å². The molecule has 0 radical (unpaired) electrons. The predicted octanol–water partition coefficient (Wildman–Crippen LogP) is 1.10. The van der Waals surface area contributed by atoms with Crippen LogP contribution in [-0.4, -0.2) is 34.9 Å². The van der Waals surface area contributed by atoms with Gasteiger partial charge in [0, 0.05) is 0 Å². The highest BCUT2D eigenvalue weighted by molar-refractivity contribution is 5.86. The van der Waals surface area contributed by atoms with Crippen LogP contribution in [0.4, 0.5) is 0 Å². The summed E-state index contributed by atoms with van der Waals surface area (Å²) in [5.41, 5.74) is -2.02. The Morgan fingerprint density at radius 1 is 1.26 bits per heavy atom. The molecule has 0 aromatic heterocycles. The molecule has 5 heteroatoms. The lowest BCUT2D eigenvalue weighted by Gasteiger charge is -2.34. The lowest BCUT2D eigenvalue weighted by molar-refractivity contribution is -0.132. The van der Waals surface area contributed by atoms with Crippen molar-refractivity contribution in [3.05, 3.63) is 0 Å². The summed E-state index contributed by atoms with van der Waals surface area (Å²) in [5.74, 6) is -0.346. The zero-order chi connectivity index (χ0) is 14.4. The van der Waals surface area contributed by atoms with Gasteiger partial charge in [-0.1, -0.05) is 32.6 Å². The van der Waals surface area contributed by atoms with Gasteiger partial charge in [0.25, 0.3) is 0 Å². The molecule has 0 aromatic carbocycles. The molecule has 0 bridgehead atoms. The van der Waals surface area contributed by atoms with Gasteiger partial charge in [0.2, 0.25) is 5.91 Å². The summed E-state index contributed by atoms with van der Waals surface area (Å²) in [5, 5.41) is 30.9. The monoisotopic (exact) mass is 268 g/mol. The summed E-state index contributed by atoms with van der Waals surface area (Å²) in [6.45, 7) is 1.14. The maximum absolute atomic E-state index is 12.4. The van der Waals surface area contributed by atoms with E-state index >= 15 is 0 Å². The quantitative estimate of drug-likeness (QED) is 0.651. The lowest BCUT2D eigenvalue weighted by Crippen LogP contribution is -2.57. The van der Waals surface area contributed by atoms with Crippen molar-refractivity contribution in [2.75, 3.05) is 13.2 Å². The fourth-order valence-electron chi connectivity index (χ4n) is 2.52. The molecule has 5 nitrogen and oxygen atoms in total. The van der Waals surface area contributed by atoms with Gasteiger partial charge in [-0.25, -0.2) is 0 Å². The molecule has 0 heterocycles. The summed E-state index contributed by atoms with van der Waals surface area (Å²) in [7, 11) is 0. The standard InChI is InChI=1S/C14H24N2O3/c1-2-14(10-17,11-18)16-12(19)13(9-15)7-5-3-4-6-8-13/h17-18H,2-8,10-11H2,1H3,(H,16,19). The molecule has 1 fully saturated rings. The zero-order valence-electron chi connectivity index (χ0n) is 11.6. The zero-order valence-corrected chi connectivity index (χ0v) is 11.6. The Morgan fingerprint density at radius 2 is 1.79 bits per heavy atom. The first-order valence-electron chi connectivity index (χ1n) is 7.04. The van der Waals surface area contributed by atoms with Crippen LogP contribution in [0, 0.1) is 16.7 Å². The number of hydrogen-bond donors (Lipinski definition) is 3. The molecule has 0 unspecified atom stereocenters. The van der Waals surface area contributed by atoms with Crippen LogP contribution in [0.5, 0.6) is 0 Å². The van der Waals surface area contributed by atoms with Crippen molar-refractivity contribution in [1.29, 1.82) is 5.26 Å². The third-order valence-corrected chi connectivity index (χ3v) is 4.27. The van der Waals surface area contributed by atoms with Crippen LogP contribution in [-0.2, 0) is 4.79 Å². The number of nitrogens with zero attached hydrogens (tertiary/aromatic N) is 1. The SMILES string of the molecule is CCC(CO)(CO)NC(=O)C1(C#N)CCCCCC1. The van der Waals surface area contributed by atoms with Crippen molar-refractivity contribution in [3.8, 4) is 6.07 Å². The van der Waals surface area contributed by atoms with E-state index in [1.807, 2.05) is 0 Å². The highest BCUT2D eigenvalue weighted by Gasteiger charge is 2.42. The number of amides is 1. The second-order valence-electron chi connectivity index (χ2n) is 5.51. The van der Waals surface area contributed by atoms with Gasteiger partial charge in [-0.05, 0) is 19.3 Å². The fourth-order valence-corrected chi connectivity index (χ4v) is 2.52. The predicted molar refractivity (Wildman–Crippen MR) is 71.1 cm³/mol. The molecule has 1 saturated carbocycles. The minimum absolute atomic E-state index is 0.326. The third kappa shape index (κ3) is 3.46. The number of hydrogen-bond acceptors (Lipinski definition) is 4. The number of aliphatic hydroxyl groups excluding tert-OH is 2. The van der Waals surface area contributed by atoms with Crippen molar-refractivity contribution >= 4 is 5.91 Å². The van der Waals surface area contributed by atoms with Crippen molar-refractivity contribution in [3.63, 3.8) is 0 Å². The van der Waals surface area contributed by atoms with Crippen LogP contribution < -0.4 is 5.32 Å². The average Bonchev–Trinajstić information content (AvgIpc) is 2.71. The molecule has 0 atom stereocenters. The number of nitriles is 1. The van der Waals surface area contributed by atoms with Gasteiger partial charge in [-0.15, -0.1) is 0 Å². The summed E-state index contributed by atoms with van der Waals surface area (Å²) in [6.07, 6.45) is 5.40. The van der Waals surface area contributed by atoms with Crippen molar-refractivity contribution in [2.24, 2.45) is 5.41 Å². The average molecular weight is 268 g/mol. The van der Waals surface area contributed by atoms with Crippen LogP contribution in [0.25, 0.3) is 0 Å². The lowest BCUT2D eigenvalue weighted by atomic mass is 9.80. The summed E-state index contributed by atoms with van der Waals surface area (Å²) < 4.78 is 0. The van der Waals surface area contributed by atoms with E-state index in [4.69, 9.17) is 0 Å². The minimum atomic E-state index is -1.02. The normalized spacial score (nSPS) is 19.3. The Hall–Kier alpha value is -1.12. The smallest absolute Gasteiger partial charge is 0.241 e. The summed E-state index contributed by atoms with van der Waals surface area (Å²) >= 11 is 0. The number of aliphatic hydroxyl groups is 2. The molecule has 1 aliphatic carbocycles. The Bertz CT molecular complexity index is 329. The molecule has 1 amide bonds. The first-order valence-corrected chi connectivity index (χ1v) is 7.04. The summed E-state index contributed by atoms with van der Waals surface area (Å²) in [6, 6.07) is 2.18. The molecule has 1 aliphatic rings. The van der Waals surface area contributed by atoms with E-state index in [9.17, 15) is 20.3 Å². The maximum atomic E-state index is 12.4. The summed E-state index contributed by atoms with van der Waals surface area (Å²) in [4.78, 5) is 12.4. The Kier molecular flexibility index (Phi) is 5.77. The number of carbonyl (C=O) groups is 1. The Balaban J connectivity index is 2.87. The maximum Gasteiger partial charge on any atom is 0.241 e. The molecular formula is C14H24N2O3. The second kappa shape index (κ2) is 6.88. The van der Waals surface area contributed by atoms with Crippen LogP contribution in [0.15, 0.2) is 0 Å².